The largest absolute Gasteiger partial charge is 0.389 e. The Kier molecular flexibility index (Phi) is 2.34. The number of allylic oxidation sites excluding steroid dienone is 1. The zero-order chi connectivity index (χ0) is 11.3. The van der Waals surface area contributed by atoms with Gasteiger partial charge in [0, 0.05) is 5.92 Å². The molecule has 0 amide bonds. The van der Waals surface area contributed by atoms with Gasteiger partial charge in [0.25, 0.3) is 0 Å². The van der Waals surface area contributed by atoms with Crippen LogP contribution in [0.25, 0.3) is 0 Å². The Morgan fingerprint density at radius 3 is 2.53 bits per heavy atom. The van der Waals surface area contributed by atoms with Crippen LogP contribution in [0.1, 0.15) is 46.0 Å². The molecule has 15 heavy (non-hydrogen) atoms. The van der Waals surface area contributed by atoms with Crippen molar-refractivity contribution in [1.29, 1.82) is 0 Å². The van der Waals surface area contributed by atoms with Crippen LogP contribution in [0.15, 0.2) is 24.3 Å². The van der Waals surface area contributed by atoms with Gasteiger partial charge in [-0.05, 0) is 37.5 Å². The van der Waals surface area contributed by atoms with E-state index in [1.807, 2.05) is 0 Å². The molecule has 1 heteroatoms. The standard InChI is InChI=1S/C14H22O/c1-10-5-6-14(15)8-7-13(3,4)11(2)12(14)9-10/h12,15H,1-2,5-9H2,3-4H3/t12-,14+/m0/s1. The maximum absolute atomic E-state index is 10.6. The van der Waals surface area contributed by atoms with Crippen molar-refractivity contribution in [3.05, 3.63) is 24.3 Å². The molecule has 2 saturated carbocycles. The average molecular weight is 206 g/mol. The van der Waals surface area contributed by atoms with Crippen LogP contribution in [-0.4, -0.2) is 10.7 Å². The topological polar surface area (TPSA) is 20.2 Å². The van der Waals surface area contributed by atoms with Gasteiger partial charge in [-0.3, -0.25) is 0 Å². The lowest BCUT2D eigenvalue weighted by Crippen LogP contribution is -2.48. The molecule has 0 saturated heterocycles. The maximum Gasteiger partial charge on any atom is 0.0719 e. The molecule has 2 fully saturated rings. The summed E-state index contributed by atoms with van der Waals surface area (Å²) in [6.45, 7) is 12.8. The Labute approximate surface area is 92.9 Å². The Hall–Kier alpha value is -0.560. The number of rotatable bonds is 0. The van der Waals surface area contributed by atoms with Gasteiger partial charge < -0.3 is 5.11 Å². The summed E-state index contributed by atoms with van der Waals surface area (Å²) in [7, 11) is 0. The third-order valence-electron chi connectivity index (χ3n) is 4.53. The van der Waals surface area contributed by atoms with Crippen LogP contribution in [0, 0.1) is 11.3 Å². The maximum atomic E-state index is 10.6. The summed E-state index contributed by atoms with van der Waals surface area (Å²) in [6, 6.07) is 0. The molecular weight excluding hydrogens is 184 g/mol. The Balaban J connectivity index is 2.29. The third kappa shape index (κ3) is 1.67. The van der Waals surface area contributed by atoms with Crippen LogP contribution in [0.3, 0.4) is 0 Å². The van der Waals surface area contributed by atoms with Gasteiger partial charge in [0.05, 0.1) is 5.60 Å². The summed E-state index contributed by atoms with van der Waals surface area (Å²) < 4.78 is 0. The number of hydrogen-bond donors (Lipinski definition) is 1. The number of aliphatic hydroxyl groups is 1. The lowest BCUT2D eigenvalue weighted by Gasteiger charge is -2.51. The van der Waals surface area contributed by atoms with E-state index in [2.05, 4.69) is 27.0 Å². The van der Waals surface area contributed by atoms with Crippen molar-refractivity contribution in [1.82, 2.24) is 0 Å². The van der Waals surface area contributed by atoms with Crippen LogP contribution in [0.4, 0.5) is 0 Å². The molecule has 84 valence electrons. The Bertz CT molecular complexity index is 313. The minimum absolute atomic E-state index is 0.189. The highest BCUT2D eigenvalue weighted by Gasteiger charge is 2.48. The fourth-order valence-corrected chi connectivity index (χ4v) is 3.06. The van der Waals surface area contributed by atoms with E-state index in [9.17, 15) is 5.11 Å². The molecule has 0 spiro atoms. The molecule has 2 aliphatic rings. The number of fused-ring (bicyclic) bond motifs is 1. The van der Waals surface area contributed by atoms with E-state index >= 15 is 0 Å². The molecule has 0 heterocycles. The summed E-state index contributed by atoms with van der Waals surface area (Å²) in [5.41, 5.74) is 2.23. The molecule has 0 radical (unpaired) electrons. The van der Waals surface area contributed by atoms with Gasteiger partial charge in [-0.2, -0.15) is 0 Å². The van der Waals surface area contributed by atoms with Crippen molar-refractivity contribution >= 4 is 0 Å². The summed E-state index contributed by atoms with van der Waals surface area (Å²) in [5.74, 6) is 0.252. The minimum Gasteiger partial charge on any atom is -0.389 e. The predicted octanol–water partition coefficient (Wildman–Crippen LogP) is 3.45. The molecular formula is C14H22O. The van der Waals surface area contributed by atoms with Crippen molar-refractivity contribution in [2.75, 3.05) is 0 Å². The molecule has 0 bridgehead atoms. The van der Waals surface area contributed by atoms with Crippen molar-refractivity contribution in [2.24, 2.45) is 11.3 Å². The molecule has 0 aromatic rings. The SMILES string of the molecule is C=C1CC[C@@]2(O)CCC(C)(C)C(=C)[C@@H]2C1. The van der Waals surface area contributed by atoms with Crippen molar-refractivity contribution in [2.45, 2.75) is 51.6 Å². The lowest BCUT2D eigenvalue weighted by molar-refractivity contribution is -0.0613. The monoisotopic (exact) mass is 206 g/mol. The van der Waals surface area contributed by atoms with Crippen molar-refractivity contribution in [3.63, 3.8) is 0 Å². The van der Waals surface area contributed by atoms with Gasteiger partial charge in [-0.1, -0.05) is 38.2 Å². The fraction of sp³-hybridized carbons (Fsp3) is 0.714. The van der Waals surface area contributed by atoms with E-state index < -0.39 is 5.60 Å². The average Bonchev–Trinajstić information content (AvgIpc) is 2.17. The first kappa shape index (κ1) is 10.9. The van der Waals surface area contributed by atoms with Gasteiger partial charge in [-0.25, -0.2) is 0 Å². The van der Waals surface area contributed by atoms with Crippen molar-refractivity contribution < 1.29 is 5.11 Å². The summed E-state index contributed by atoms with van der Waals surface area (Å²) >= 11 is 0. The van der Waals surface area contributed by atoms with Crippen LogP contribution in [0.5, 0.6) is 0 Å². The van der Waals surface area contributed by atoms with Gasteiger partial charge in [0.15, 0.2) is 0 Å². The highest BCUT2D eigenvalue weighted by Crippen LogP contribution is 2.53. The normalized spacial score (nSPS) is 40.1. The first-order chi connectivity index (χ1) is 6.85. The van der Waals surface area contributed by atoms with Crippen molar-refractivity contribution in [3.8, 4) is 0 Å². The summed E-state index contributed by atoms with van der Waals surface area (Å²) in [6.07, 6.45) is 4.80. The highest BCUT2D eigenvalue weighted by atomic mass is 16.3. The summed E-state index contributed by atoms with van der Waals surface area (Å²) in [4.78, 5) is 0. The molecule has 1 N–H and O–H groups in total. The predicted molar refractivity (Wildman–Crippen MR) is 63.6 cm³/mol. The van der Waals surface area contributed by atoms with E-state index in [4.69, 9.17) is 0 Å². The minimum atomic E-state index is -0.478. The fourth-order valence-electron chi connectivity index (χ4n) is 3.06. The van der Waals surface area contributed by atoms with Gasteiger partial charge >= 0.3 is 0 Å². The second kappa shape index (κ2) is 3.21. The zero-order valence-electron chi connectivity index (χ0n) is 9.97. The van der Waals surface area contributed by atoms with Gasteiger partial charge in [-0.15, -0.1) is 0 Å². The molecule has 0 aromatic heterocycles. The molecule has 0 aliphatic heterocycles. The molecule has 2 aliphatic carbocycles. The quantitative estimate of drug-likeness (QED) is 0.602. The second-order valence-corrected chi connectivity index (χ2v) is 6.02. The molecule has 0 unspecified atom stereocenters. The van der Waals surface area contributed by atoms with Gasteiger partial charge in [0.1, 0.15) is 0 Å². The third-order valence-corrected chi connectivity index (χ3v) is 4.53. The van der Waals surface area contributed by atoms with E-state index in [1.165, 1.54) is 11.1 Å². The Morgan fingerprint density at radius 1 is 1.20 bits per heavy atom. The highest BCUT2D eigenvalue weighted by molar-refractivity contribution is 5.25. The molecule has 1 nitrogen and oxygen atoms in total. The van der Waals surface area contributed by atoms with Gasteiger partial charge in [0.2, 0.25) is 0 Å². The lowest BCUT2D eigenvalue weighted by atomic mass is 9.57. The van der Waals surface area contributed by atoms with E-state index in [0.29, 0.717) is 0 Å². The molecule has 2 atom stereocenters. The van der Waals surface area contributed by atoms with Crippen LogP contribution < -0.4 is 0 Å². The van der Waals surface area contributed by atoms with Crippen LogP contribution in [0.2, 0.25) is 0 Å². The second-order valence-electron chi connectivity index (χ2n) is 6.02. The summed E-state index contributed by atoms with van der Waals surface area (Å²) in [5, 5.41) is 10.6. The number of hydrogen-bond acceptors (Lipinski definition) is 1. The smallest absolute Gasteiger partial charge is 0.0719 e. The molecule has 2 rings (SSSR count). The van der Waals surface area contributed by atoms with Crippen LogP contribution >= 0.6 is 0 Å². The first-order valence-electron chi connectivity index (χ1n) is 5.93. The first-order valence-corrected chi connectivity index (χ1v) is 5.93. The zero-order valence-corrected chi connectivity index (χ0v) is 9.97. The molecule has 0 aromatic carbocycles. The van der Waals surface area contributed by atoms with E-state index in [1.54, 1.807) is 0 Å². The van der Waals surface area contributed by atoms with E-state index in [0.717, 1.165) is 32.1 Å². The van der Waals surface area contributed by atoms with Crippen LogP contribution in [-0.2, 0) is 0 Å². The van der Waals surface area contributed by atoms with E-state index in [-0.39, 0.29) is 11.3 Å². The Morgan fingerprint density at radius 2 is 1.87 bits per heavy atom.